The first kappa shape index (κ1) is 36.1. The molecular formula is C37H69N7O2. The van der Waals surface area contributed by atoms with Crippen LogP contribution < -0.4 is 32.3 Å². The van der Waals surface area contributed by atoms with Crippen LogP contribution in [0.25, 0.3) is 0 Å². The number of hydrogen-bond donors (Lipinski definition) is 6. The number of rotatable bonds is 17. The normalized spacial score (nSPS) is 34.8. The molecule has 4 fully saturated rings. The number of allylic oxidation sites excluding steroid dienone is 1. The van der Waals surface area contributed by atoms with E-state index in [4.69, 9.17) is 10.5 Å². The molecule has 4 aliphatic carbocycles. The summed E-state index contributed by atoms with van der Waals surface area (Å²) < 4.78 is 6.04. The van der Waals surface area contributed by atoms with E-state index in [9.17, 15) is 4.79 Å². The Morgan fingerprint density at radius 1 is 1.02 bits per heavy atom. The van der Waals surface area contributed by atoms with Crippen molar-refractivity contribution in [3.63, 3.8) is 0 Å². The number of amides is 1. The van der Waals surface area contributed by atoms with Crippen molar-refractivity contribution in [1.29, 1.82) is 0 Å². The molecule has 0 aromatic heterocycles. The highest BCUT2D eigenvalue weighted by Gasteiger charge is 2.59. The largest absolute Gasteiger partial charge is 0.446 e. The van der Waals surface area contributed by atoms with Crippen molar-refractivity contribution in [3.8, 4) is 0 Å². The first-order chi connectivity index (χ1) is 22.1. The Balaban J connectivity index is 1.08. The second kappa shape index (κ2) is 16.4. The predicted molar refractivity (Wildman–Crippen MR) is 188 cm³/mol. The average Bonchev–Trinajstić information content (AvgIpc) is 3.35. The molecule has 9 heteroatoms. The minimum atomic E-state index is -0.267. The highest BCUT2D eigenvalue weighted by Crippen LogP contribution is 2.67. The number of carbonyl (C=O) groups is 1. The summed E-state index contributed by atoms with van der Waals surface area (Å²) in [5.41, 5.74) is 8.00. The van der Waals surface area contributed by atoms with Crippen LogP contribution in [0.1, 0.15) is 105 Å². The molecule has 0 radical (unpaired) electrons. The van der Waals surface area contributed by atoms with E-state index in [1.807, 2.05) is 0 Å². The Labute approximate surface area is 280 Å². The molecule has 5 rings (SSSR count). The summed E-state index contributed by atoms with van der Waals surface area (Å²) in [6.45, 7) is 18.7. The molecule has 1 heterocycles. The SMILES string of the molecule is CC(C)CCCC(C)C1CCC2C3CC=C4CC(OC(=O)NCCN(CCNCN)CCNC5NCN5)CCC4(C)C3CCC12C. The molecular weight excluding hydrogens is 574 g/mol. The van der Waals surface area contributed by atoms with Crippen molar-refractivity contribution >= 4 is 6.09 Å². The molecule has 264 valence electrons. The van der Waals surface area contributed by atoms with Crippen LogP contribution in [0, 0.1) is 46.3 Å². The van der Waals surface area contributed by atoms with Gasteiger partial charge in [-0.25, -0.2) is 4.79 Å². The van der Waals surface area contributed by atoms with Gasteiger partial charge in [-0.1, -0.05) is 65.5 Å². The number of carbonyl (C=O) groups excluding carboxylic acids is 1. The number of alkyl carbamates (subject to hydrolysis) is 1. The topological polar surface area (TPSA) is 116 Å². The van der Waals surface area contributed by atoms with Crippen LogP contribution in [0.15, 0.2) is 11.6 Å². The Hall–Kier alpha value is -1.23. The van der Waals surface area contributed by atoms with Crippen LogP contribution in [0.4, 0.5) is 4.79 Å². The third-order valence-corrected chi connectivity index (χ3v) is 13.4. The number of nitrogens with one attached hydrogen (secondary N) is 5. The van der Waals surface area contributed by atoms with Crippen LogP contribution in [0.2, 0.25) is 0 Å². The molecule has 1 amide bonds. The van der Waals surface area contributed by atoms with Crippen LogP contribution in [-0.2, 0) is 4.74 Å². The Kier molecular flexibility index (Phi) is 12.9. The van der Waals surface area contributed by atoms with E-state index in [2.05, 4.69) is 72.2 Å². The fourth-order valence-corrected chi connectivity index (χ4v) is 10.7. The number of ether oxygens (including phenoxy) is 1. The van der Waals surface area contributed by atoms with E-state index in [1.165, 1.54) is 51.4 Å². The second-order valence-electron chi connectivity index (χ2n) is 16.5. The lowest BCUT2D eigenvalue weighted by Gasteiger charge is -2.58. The molecule has 8 unspecified atom stereocenters. The molecule has 0 aromatic rings. The summed E-state index contributed by atoms with van der Waals surface area (Å²) in [6, 6.07) is 0. The molecule has 1 aliphatic heterocycles. The summed E-state index contributed by atoms with van der Waals surface area (Å²) in [5.74, 6) is 5.09. The van der Waals surface area contributed by atoms with Gasteiger partial charge in [-0.3, -0.25) is 20.9 Å². The smallest absolute Gasteiger partial charge is 0.407 e. The fourth-order valence-electron chi connectivity index (χ4n) is 10.7. The van der Waals surface area contributed by atoms with Crippen molar-refractivity contribution in [2.24, 2.45) is 52.1 Å². The third-order valence-electron chi connectivity index (χ3n) is 13.4. The first-order valence-electron chi connectivity index (χ1n) is 19.1. The van der Waals surface area contributed by atoms with Gasteiger partial charge in [0.05, 0.1) is 6.67 Å². The molecule has 0 aromatic carbocycles. The number of fused-ring (bicyclic) bond motifs is 5. The highest BCUT2D eigenvalue weighted by molar-refractivity contribution is 5.67. The number of nitrogens with zero attached hydrogens (tertiary/aromatic N) is 1. The standard InChI is InChI=1S/C37H69N7O2/c1-26(2)7-6-8-27(3)31-11-12-32-30-10-9-28-23-29(13-15-36(28,4)33(30)14-16-37(31,32)5)46-35(45)41-19-22-44(20-17-39-24-38)21-18-40-34-42-25-43-34/h9,26-27,29-34,39-40,42-43H,6-8,10-25,38H2,1-5H3,(H,41,45). The van der Waals surface area contributed by atoms with Gasteiger partial charge in [0.25, 0.3) is 0 Å². The molecule has 3 saturated carbocycles. The van der Waals surface area contributed by atoms with Crippen LogP contribution in [-0.4, -0.2) is 76.0 Å². The Morgan fingerprint density at radius 3 is 2.54 bits per heavy atom. The van der Waals surface area contributed by atoms with E-state index >= 15 is 0 Å². The van der Waals surface area contributed by atoms with Gasteiger partial charge in [-0.05, 0) is 91.3 Å². The molecule has 8 atom stereocenters. The van der Waals surface area contributed by atoms with Crippen molar-refractivity contribution in [2.75, 3.05) is 52.6 Å². The van der Waals surface area contributed by atoms with Gasteiger partial charge in [0, 0.05) is 52.4 Å². The van der Waals surface area contributed by atoms with Crippen molar-refractivity contribution in [3.05, 3.63) is 11.6 Å². The van der Waals surface area contributed by atoms with Gasteiger partial charge in [0.15, 0.2) is 0 Å². The quantitative estimate of drug-likeness (QED) is 0.0750. The third kappa shape index (κ3) is 8.49. The van der Waals surface area contributed by atoms with E-state index < -0.39 is 0 Å². The van der Waals surface area contributed by atoms with Gasteiger partial charge in [0.2, 0.25) is 0 Å². The molecule has 5 aliphatic rings. The minimum Gasteiger partial charge on any atom is -0.446 e. The van der Waals surface area contributed by atoms with E-state index in [-0.39, 0.29) is 23.9 Å². The van der Waals surface area contributed by atoms with Crippen LogP contribution in [0.3, 0.4) is 0 Å². The van der Waals surface area contributed by atoms with Crippen LogP contribution >= 0.6 is 0 Å². The van der Waals surface area contributed by atoms with Gasteiger partial charge in [-0.15, -0.1) is 0 Å². The maximum Gasteiger partial charge on any atom is 0.407 e. The maximum absolute atomic E-state index is 12.9. The van der Waals surface area contributed by atoms with Crippen LogP contribution in [0.5, 0.6) is 0 Å². The van der Waals surface area contributed by atoms with Gasteiger partial charge in [-0.2, -0.15) is 0 Å². The summed E-state index contributed by atoms with van der Waals surface area (Å²) in [4.78, 5) is 15.2. The molecule has 0 spiro atoms. The molecule has 46 heavy (non-hydrogen) atoms. The Bertz CT molecular complexity index is 1000. The van der Waals surface area contributed by atoms with E-state index in [0.29, 0.717) is 18.6 Å². The zero-order chi connectivity index (χ0) is 32.7. The zero-order valence-electron chi connectivity index (χ0n) is 30.0. The second-order valence-corrected chi connectivity index (χ2v) is 16.5. The Morgan fingerprint density at radius 2 is 1.80 bits per heavy atom. The summed E-state index contributed by atoms with van der Waals surface area (Å²) in [5, 5.41) is 16.2. The molecule has 1 saturated heterocycles. The van der Waals surface area contributed by atoms with Gasteiger partial charge < -0.3 is 21.1 Å². The first-order valence-corrected chi connectivity index (χ1v) is 19.1. The molecule has 7 N–H and O–H groups in total. The maximum atomic E-state index is 12.9. The monoisotopic (exact) mass is 644 g/mol. The number of nitrogens with two attached hydrogens (primary N) is 1. The molecule has 0 bridgehead atoms. The average molecular weight is 644 g/mol. The zero-order valence-corrected chi connectivity index (χ0v) is 30.0. The van der Waals surface area contributed by atoms with E-state index in [0.717, 1.165) is 94.2 Å². The van der Waals surface area contributed by atoms with Gasteiger partial charge >= 0.3 is 6.09 Å². The predicted octanol–water partition coefficient (Wildman–Crippen LogP) is 4.95. The lowest BCUT2D eigenvalue weighted by Crippen LogP contribution is -2.66. The highest BCUT2D eigenvalue weighted by atomic mass is 16.6. The van der Waals surface area contributed by atoms with Crippen molar-refractivity contribution in [1.82, 2.24) is 31.5 Å². The lowest BCUT2D eigenvalue weighted by atomic mass is 9.47. The van der Waals surface area contributed by atoms with Gasteiger partial charge in [0.1, 0.15) is 12.4 Å². The van der Waals surface area contributed by atoms with Crippen molar-refractivity contribution < 1.29 is 9.53 Å². The summed E-state index contributed by atoms with van der Waals surface area (Å²) in [6.07, 6.45) is 16.7. The molecule has 9 nitrogen and oxygen atoms in total. The number of hydrogen-bond acceptors (Lipinski definition) is 8. The summed E-state index contributed by atoms with van der Waals surface area (Å²) >= 11 is 0. The lowest BCUT2D eigenvalue weighted by molar-refractivity contribution is -0.0581. The minimum absolute atomic E-state index is 0.0104. The van der Waals surface area contributed by atoms with Crippen molar-refractivity contribution in [2.45, 2.75) is 118 Å². The fraction of sp³-hybridized carbons (Fsp3) is 0.919. The summed E-state index contributed by atoms with van der Waals surface area (Å²) in [7, 11) is 0. The van der Waals surface area contributed by atoms with E-state index in [1.54, 1.807) is 5.57 Å².